The van der Waals surface area contributed by atoms with E-state index in [1.165, 1.54) is 0 Å². The third-order valence-corrected chi connectivity index (χ3v) is 4.55. The highest BCUT2D eigenvalue weighted by molar-refractivity contribution is 5.94. The highest BCUT2D eigenvalue weighted by atomic mass is 19.4. The first-order chi connectivity index (χ1) is 12.3. The molecule has 0 radical (unpaired) electrons. The van der Waals surface area contributed by atoms with Gasteiger partial charge in [0, 0.05) is 24.2 Å². The van der Waals surface area contributed by atoms with Crippen molar-refractivity contribution in [3.8, 4) is 0 Å². The lowest BCUT2D eigenvalue weighted by Gasteiger charge is -2.33. The van der Waals surface area contributed by atoms with Crippen molar-refractivity contribution < 1.29 is 22.7 Å². The van der Waals surface area contributed by atoms with Gasteiger partial charge in [-0.2, -0.15) is 23.4 Å². The first-order valence-corrected chi connectivity index (χ1v) is 8.38. The summed E-state index contributed by atoms with van der Waals surface area (Å²) in [6, 6.07) is -2.48. The summed E-state index contributed by atoms with van der Waals surface area (Å²) < 4.78 is 48.3. The Bertz CT molecular complexity index is 811. The Kier molecular flexibility index (Phi) is 4.68. The van der Waals surface area contributed by atoms with Crippen molar-refractivity contribution >= 4 is 11.8 Å². The van der Waals surface area contributed by atoms with Gasteiger partial charge in [-0.1, -0.05) is 0 Å². The highest BCUT2D eigenvalue weighted by Gasteiger charge is 2.47. The lowest BCUT2D eigenvalue weighted by molar-refractivity contribution is -0.173. The van der Waals surface area contributed by atoms with E-state index >= 15 is 0 Å². The number of fused-ring (bicyclic) bond motifs is 1. The maximum absolute atomic E-state index is 13.6. The summed E-state index contributed by atoms with van der Waals surface area (Å²) in [6.07, 6.45) is -2.05. The van der Waals surface area contributed by atoms with Crippen molar-refractivity contribution in [2.45, 2.75) is 52.0 Å². The van der Waals surface area contributed by atoms with E-state index in [4.69, 9.17) is 4.74 Å². The normalized spacial score (nSPS) is 19.8. The van der Waals surface area contributed by atoms with Gasteiger partial charge in [0.1, 0.15) is 11.4 Å². The molecule has 0 saturated heterocycles. The minimum absolute atomic E-state index is 0.00802. The molecular formula is C16H20F3N5O2. The number of nitrogens with one attached hydrogen (secondary N) is 1. The number of carbonyl (C=O) groups is 1. The van der Waals surface area contributed by atoms with Crippen LogP contribution in [-0.2, 0) is 11.3 Å². The van der Waals surface area contributed by atoms with Crippen LogP contribution in [0.25, 0.3) is 0 Å². The van der Waals surface area contributed by atoms with E-state index in [0.29, 0.717) is 12.1 Å². The molecule has 0 aromatic carbocycles. The second-order valence-electron chi connectivity index (χ2n) is 6.06. The van der Waals surface area contributed by atoms with Gasteiger partial charge in [0.05, 0.1) is 25.0 Å². The molecular weight excluding hydrogens is 351 g/mol. The quantitative estimate of drug-likeness (QED) is 0.836. The molecule has 1 N–H and O–H groups in total. The van der Waals surface area contributed by atoms with Gasteiger partial charge < -0.3 is 10.1 Å². The van der Waals surface area contributed by atoms with Crippen LogP contribution < -0.4 is 5.32 Å². The van der Waals surface area contributed by atoms with E-state index in [2.05, 4.69) is 15.5 Å². The van der Waals surface area contributed by atoms with Gasteiger partial charge in [-0.3, -0.25) is 4.68 Å². The average Bonchev–Trinajstić information content (AvgIpc) is 3.16. The molecule has 2 aromatic heterocycles. The minimum atomic E-state index is -4.50. The molecule has 0 aliphatic carbocycles. The summed E-state index contributed by atoms with van der Waals surface area (Å²) >= 11 is 0. The number of esters is 1. The Morgan fingerprint density at radius 1 is 1.35 bits per heavy atom. The molecule has 3 rings (SSSR count). The average molecular weight is 371 g/mol. The Hall–Kier alpha value is -2.52. The molecule has 2 unspecified atom stereocenters. The maximum atomic E-state index is 13.6. The summed E-state index contributed by atoms with van der Waals surface area (Å²) in [5.41, 5.74) is 1.45. The number of ether oxygens (including phenoxy) is 1. The van der Waals surface area contributed by atoms with Crippen LogP contribution in [0.15, 0.2) is 12.4 Å². The molecule has 0 saturated carbocycles. The second-order valence-corrected chi connectivity index (χ2v) is 6.06. The Labute approximate surface area is 148 Å². The van der Waals surface area contributed by atoms with E-state index in [9.17, 15) is 18.0 Å². The molecule has 26 heavy (non-hydrogen) atoms. The van der Waals surface area contributed by atoms with Gasteiger partial charge >= 0.3 is 12.1 Å². The topological polar surface area (TPSA) is 74.0 Å². The largest absolute Gasteiger partial charge is 0.462 e. The highest BCUT2D eigenvalue weighted by Crippen LogP contribution is 2.44. The zero-order chi connectivity index (χ0) is 19.1. The molecule has 2 atom stereocenters. The van der Waals surface area contributed by atoms with E-state index < -0.39 is 24.2 Å². The van der Waals surface area contributed by atoms with Crippen molar-refractivity contribution in [1.82, 2.24) is 19.6 Å². The first kappa shape index (κ1) is 18.3. The molecule has 1 aliphatic rings. The number of aryl methyl sites for hydroxylation is 1. The Morgan fingerprint density at radius 3 is 2.65 bits per heavy atom. The molecule has 0 bridgehead atoms. The molecule has 2 aromatic rings. The number of aromatic nitrogens is 4. The summed E-state index contributed by atoms with van der Waals surface area (Å²) in [5.74, 6) is -0.686. The number of hydrogen-bond donors (Lipinski definition) is 1. The Balaban J connectivity index is 2.04. The van der Waals surface area contributed by atoms with E-state index in [0.717, 1.165) is 16.6 Å². The van der Waals surface area contributed by atoms with E-state index in [1.807, 2.05) is 13.8 Å². The first-order valence-electron chi connectivity index (χ1n) is 8.38. The number of halogens is 3. The number of hydrogen-bond acceptors (Lipinski definition) is 5. The van der Waals surface area contributed by atoms with E-state index in [-0.39, 0.29) is 24.4 Å². The summed E-state index contributed by atoms with van der Waals surface area (Å²) in [7, 11) is 0. The zero-order valence-corrected chi connectivity index (χ0v) is 14.7. The Morgan fingerprint density at radius 2 is 2.08 bits per heavy atom. The van der Waals surface area contributed by atoms with Crippen molar-refractivity contribution in [1.29, 1.82) is 0 Å². The fourth-order valence-corrected chi connectivity index (χ4v) is 3.25. The number of anilines is 1. The molecule has 3 heterocycles. The molecule has 0 amide bonds. The van der Waals surface area contributed by atoms with Crippen LogP contribution in [0.3, 0.4) is 0 Å². The summed E-state index contributed by atoms with van der Waals surface area (Å²) in [6.45, 7) is 6.09. The van der Waals surface area contributed by atoms with Gasteiger partial charge in [-0.15, -0.1) is 0 Å². The van der Waals surface area contributed by atoms with Crippen LogP contribution in [0, 0.1) is 6.92 Å². The van der Waals surface area contributed by atoms with Crippen molar-refractivity contribution in [2.24, 2.45) is 0 Å². The van der Waals surface area contributed by atoms with Crippen LogP contribution in [0.2, 0.25) is 0 Å². The fraction of sp³-hybridized carbons (Fsp3) is 0.562. The minimum Gasteiger partial charge on any atom is -0.462 e. The van der Waals surface area contributed by atoms with Gasteiger partial charge in [-0.25, -0.2) is 9.48 Å². The molecule has 10 heteroatoms. The predicted molar refractivity (Wildman–Crippen MR) is 86.9 cm³/mol. The van der Waals surface area contributed by atoms with Crippen LogP contribution >= 0.6 is 0 Å². The lowest BCUT2D eigenvalue weighted by Crippen LogP contribution is -2.36. The van der Waals surface area contributed by atoms with Crippen LogP contribution in [-0.4, -0.2) is 38.3 Å². The summed E-state index contributed by atoms with van der Waals surface area (Å²) in [4.78, 5) is 12.1. The molecule has 0 fully saturated rings. The van der Waals surface area contributed by atoms with Crippen LogP contribution in [0.4, 0.5) is 19.0 Å². The van der Waals surface area contributed by atoms with Gasteiger partial charge in [0.15, 0.2) is 6.04 Å². The number of nitrogens with zero attached hydrogens (tertiary/aromatic N) is 4. The standard InChI is InChI=1S/C16H20F3N5O2/c1-4-23-9(3)10(7-20-23)12-6-13(16(17,18)19)24-14(22-12)11(8-21-24)15(25)26-5-2/h7-8,12-13,22H,4-6H2,1-3H3. The molecule has 7 nitrogen and oxygen atoms in total. The lowest BCUT2D eigenvalue weighted by atomic mass is 9.97. The van der Waals surface area contributed by atoms with Crippen molar-refractivity contribution in [3.63, 3.8) is 0 Å². The number of carbonyl (C=O) groups excluding carboxylic acids is 1. The van der Waals surface area contributed by atoms with Crippen molar-refractivity contribution in [3.05, 3.63) is 29.2 Å². The summed E-state index contributed by atoms with van der Waals surface area (Å²) in [5, 5.41) is 11.0. The zero-order valence-electron chi connectivity index (χ0n) is 14.7. The van der Waals surface area contributed by atoms with Crippen LogP contribution in [0.1, 0.15) is 54.0 Å². The SMILES string of the molecule is CCOC(=O)c1cnn2c1NC(c1cnn(CC)c1C)CC2C(F)(F)F. The van der Waals surface area contributed by atoms with Crippen LogP contribution in [0.5, 0.6) is 0 Å². The number of alkyl halides is 3. The van der Waals surface area contributed by atoms with E-state index in [1.54, 1.807) is 17.8 Å². The van der Waals surface area contributed by atoms with Gasteiger partial charge in [0.2, 0.25) is 0 Å². The molecule has 1 aliphatic heterocycles. The number of rotatable bonds is 4. The predicted octanol–water partition coefficient (Wildman–Crippen LogP) is 3.24. The monoisotopic (exact) mass is 371 g/mol. The van der Waals surface area contributed by atoms with Gasteiger partial charge in [-0.05, 0) is 20.8 Å². The second kappa shape index (κ2) is 6.65. The van der Waals surface area contributed by atoms with Gasteiger partial charge in [0.25, 0.3) is 0 Å². The fourth-order valence-electron chi connectivity index (χ4n) is 3.25. The molecule has 0 spiro atoms. The van der Waals surface area contributed by atoms with Crippen molar-refractivity contribution in [2.75, 3.05) is 11.9 Å². The third-order valence-electron chi connectivity index (χ3n) is 4.55. The molecule has 142 valence electrons. The smallest absolute Gasteiger partial charge is 0.410 e. The third kappa shape index (κ3) is 3.04. The maximum Gasteiger partial charge on any atom is 0.410 e.